The summed E-state index contributed by atoms with van der Waals surface area (Å²) in [5.41, 5.74) is 2.52. The maximum absolute atomic E-state index is 13.1. The Bertz CT molecular complexity index is 1380. The highest BCUT2D eigenvalue weighted by atomic mass is 16.4. The molecule has 4 amide bonds. The molecule has 9 heteroatoms. The minimum atomic E-state index is -1.22. The van der Waals surface area contributed by atoms with Crippen LogP contribution in [0, 0.1) is 0 Å². The van der Waals surface area contributed by atoms with Crippen molar-refractivity contribution < 1.29 is 29.1 Å². The predicted octanol–water partition coefficient (Wildman–Crippen LogP) is 2.79. The van der Waals surface area contributed by atoms with Crippen molar-refractivity contribution in [3.8, 4) is 0 Å². The summed E-state index contributed by atoms with van der Waals surface area (Å²) in [6.07, 6.45) is 0.531. The Morgan fingerprint density at radius 3 is 2.05 bits per heavy atom. The van der Waals surface area contributed by atoms with E-state index in [9.17, 15) is 29.1 Å². The lowest BCUT2D eigenvalue weighted by atomic mass is 10.0. The average molecular weight is 512 g/mol. The minimum Gasteiger partial charge on any atom is -0.480 e. The van der Waals surface area contributed by atoms with Crippen molar-refractivity contribution in [2.24, 2.45) is 0 Å². The number of rotatable bonds is 8. The van der Waals surface area contributed by atoms with Gasteiger partial charge in [0, 0.05) is 19.4 Å². The van der Waals surface area contributed by atoms with E-state index in [2.05, 4.69) is 5.32 Å². The fourth-order valence-corrected chi connectivity index (χ4v) is 4.89. The van der Waals surface area contributed by atoms with Gasteiger partial charge in [0.05, 0.1) is 16.8 Å². The molecule has 3 aromatic carbocycles. The van der Waals surface area contributed by atoms with Crippen molar-refractivity contribution in [2.45, 2.75) is 37.9 Å². The lowest BCUT2D eigenvalue weighted by molar-refractivity contribution is -0.143. The summed E-state index contributed by atoms with van der Waals surface area (Å²) in [6, 6.07) is 20.3. The van der Waals surface area contributed by atoms with Crippen LogP contribution in [0.25, 0.3) is 0 Å². The van der Waals surface area contributed by atoms with Gasteiger partial charge in [-0.2, -0.15) is 0 Å². The monoisotopic (exact) mass is 511 g/mol. The van der Waals surface area contributed by atoms with Gasteiger partial charge in [0.2, 0.25) is 11.8 Å². The number of likely N-dealkylation sites (tertiary alicyclic amines) is 1. The number of amides is 4. The standard InChI is InChI=1S/C29H25N3O6/c33-25-15-14-24(31(25)17-19-6-2-1-3-7-19)26(34)30-23(29(37)38)16-18-10-12-20(13-11-18)32-27(35)21-8-4-5-9-22(21)28(32)36/h1-13,23-24H,14-17H2,(H,30,34)(H,37,38)/t23-,24-/m0/s1. The van der Waals surface area contributed by atoms with Crippen LogP contribution in [0.2, 0.25) is 0 Å². The highest BCUT2D eigenvalue weighted by Crippen LogP contribution is 2.28. The molecule has 0 aromatic heterocycles. The number of fused-ring (bicyclic) bond motifs is 1. The predicted molar refractivity (Wildman–Crippen MR) is 137 cm³/mol. The van der Waals surface area contributed by atoms with Crippen molar-refractivity contribution in [3.63, 3.8) is 0 Å². The molecule has 2 N–H and O–H groups in total. The van der Waals surface area contributed by atoms with Gasteiger partial charge in [-0.05, 0) is 41.8 Å². The van der Waals surface area contributed by atoms with Gasteiger partial charge in [0.1, 0.15) is 12.1 Å². The van der Waals surface area contributed by atoms with E-state index in [0.717, 1.165) is 10.5 Å². The summed E-state index contributed by atoms with van der Waals surface area (Å²) in [5.74, 6) is -2.70. The third-order valence-corrected chi connectivity index (χ3v) is 6.87. The van der Waals surface area contributed by atoms with Crippen LogP contribution in [0.3, 0.4) is 0 Å². The molecule has 2 heterocycles. The third-order valence-electron chi connectivity index (χ3n) is 6.87. The zero-order valence-electron chi connectivity index (χ0n) is 20.4. The lowest BCUT2D eigenvalue weighted by Gasteiger charge is -2.26. The number of aliphatic carboxylic acids is 1. The number of imide groups is 1. The highest BCUT2D eigenvalue weighted by Gasteiger charge is 2.38. The number of anilines is 1. The van der Waals surface area contributed by atoms with Crippen molar-refractivity contribution in [2.75, 3.05) is 4.90 Å². The maximum atomic E-state index is 13.1. The molecule has 38 heavy (non-hydrogen) atoms. The Kier molecular flexibility index (Phi) is 6.74. The van der Waals surface area contributed by atoms with Crippen molar-refractivity contribution in [1.29, 1.82) is 0 Å². The number of benzene rings is 3. The van der Waals surface area contributed by atoms with Crippen LogP contribution in [-0.2, 0) is 27.3 Å². The number of carboxylic acid groups (broad SMARTS) is 1. The first-order chi connectivity index (χ1) is 18.3. The maximum Gasteiger partial charge on any atom is 0.326 e. The lowest BCUT2D eigenvalue weighted by Crippen LogP contribution is -2.50. The van der Waals surface area contributed by atoms with E-state index in [1.54, 1.807) is 48.5 Å². The Hall–Kier alpha value is -4.79. The number of hydrogen-bond acceptors (Lipinski definition) is 5. The van der Waals surface area contributed by atoms with Gasteiger partial charge < -0.3 is 15.3 Å². The molecule has 0 unspecified atom stereocenters. The smallest absolute Gasteiger partial charge is 0.326 e. The number of hydrogen-bond donors (Lipinski definition) is 2. The molecule has 0 aliphatic carbocycles. The molecule has 2 aliphatic heterocycles. The summed E-state index contributed by atoms with van der Waals surface area (Å²) >= 11 is 0. The van der Waals surface area contributed by atoms with E-state index in [-0.39, 0.29) is 25.3 Å². The summed E-state index contributed by atoms with van der Waals surface area (Å²) in [6.45, 7) is 0.273. The quantitative estimate of drug-likeness (QED) is 0.448. The molecule has 3 aromatic rings. The summed E-state index contributed by atoms with van der Waals surface area (Å²) in [4.78, 5) is 65.5. The van der Waals surface area contributed by atoms with E-state index in [1.807, 2.05) is 30.3 Å². The molecule has 0 radical (unpaired) electrons. The SMILES string of the molecule is O=C(O)[C@H](Cc1ccc(N2C(=O)c3ccccc3C2=O)cc1)NC(=O)[C@@H]1CCC(=O)N1Cc1ccccc1. The normalized spacial score (nSPS) is 17.5. The molecule has 5 rings (SSSR count). The van der Waals surface area contributed by atoms with E-state index in [0.29, 0.717) is 28.8 Å². The molecule has 192 valence electrons. The second kappa shape index (κ2) is 10.3. The van der Waals surface area contributed by atoms with Crippen LogP contribution in [-0.4, -0.2) is 51.7 Å². The van der Waals surface area contributed by atoms with Gasteiger partial charge in [0.15, 0.2) is 0 Å². The molecular formula is C29H25N3O6. The Morgan fingerprint density at radius 1 is 0.842 bits per heavy atom. The van der Waals surface area contributed by atoms with E-state index in [4.69, 9.17) is 0 Å². The third kappa shape index (κ3) is 4.78. The molecule has 0 spiro atoms. The molecule has 9 nitrogen and oxygen atoms in total. The summed E-state index contributed by atoms with van der Waals surface area (Å²) in [7, 11) is 0. The van der Waals surface area contributed by atoms with Gasteiger partial charge in [-0.25, -0.2) is 9.69 Å². The second-order valence-electron chi connectivity index (χ2n) is 9.32. The highest BCUT2D eigenvalue weighted by molar-refractivity contribution is 6.34. The Morgan fingerprint density at radius 2 is 1.45 bits per heavy atom. The van der Waals surface area contributed by atoms with Crippen LogP contribution >= 0.6 is 0 Å². The van der Waals surface area contributed by atoms with Gasteiger partial charge >= 0.3 is 5.97 Å². The number of carbonyl (C=O) groups excluding carboxylic acids is 4. The largest absolute Gasteiger partial charge is 0.480 e. The second-order valence-corrected chi connectivity index (χ2v) is 9.32. The molecule has 0 bridgehead atoms. The van der Waals surface area contributed by atoms with Crippen molar-refractivity contribution in [1.82, 2.24) is 10.2 Å². The fourth-order valence-electron chi connectivity index (χ4n) is 4.89. The molecule has 1 saturated heterocycles. The van der Waals surface area contributed by atoms with E-state index in [1.165, 1.54) is 4.90 Å². The fraction of sp³-hybridized carbons (Fsp3) is 0.207. The van der Waals surface area contributed by atoms with Crippen LogP contribution in [0.15, 0.2) is 78.9 Å². The molecule has 1 fully saturated rings. The Labute approximate surface area is 218 Å². The molecular weight excluding hydrogens is 486 g/mol. The molecule has 2 atom stereocenters. The van der Waals surface area contributed by atoms with Crippen LogP contribution < -0.4 is 10.2 Å². The zero-order chi connectivity index (χ0) is 26.8. The molecule has 0 saturated carbocycles. The zero-order valence-corrected chi connectivity index (χ0v) is 20.4. The van der Waals surface area contributed by atoms with Gasteiger partial charge in [-0.15, -0.1) is 0 Å². The van der Waals surface area contributed by atoms with Gasteiger partial charge in [-0.3, -0.25) is 19.2 Å². The van der Waals surface area contributed by atoms with E-state index >= 15 is 0 Å². The number of nitrogens with zero attached hydrogens (tertiary/aromatic N) is 2. The van der Waals surface area contributed by atoms with Crippen LogP contribution in [0.4, 0.5) is 5.69 Å². The first-order valence-electron chi connectivity index (χ1n) is 12.3. The van der Waals surface area contributed by atoms with Crippen LogP contribution in [0.5, 0.6) is 0 Å². The average Bonchev–Trinajstić information content (AvgIpc) is 3.41. The minimum absolute atomic E-state index is 0.0111. The molecule has 2 aliphatic rings. The number of nitrogens with one attached hydrogen (secondary N) is 1. The topological polar surface area (TPSA) is 124 Å². The van der Waals surface area contributed by atoms with Crippen molar-refractivity contribution in [3.05, 3.63) is 101 Å². The number of carbonyl (C=O) groups is 5. The Balaban J connectivity index is 1.26. The van der Waals surface area contributed by atoms with Crippen molar-refractivity contribution >= 4 is 35.3 Å². The van der Waals surface area contributed by atoms with E-state index < -0.39 is 35.8 Å². The van der Waals surface area contributed by atoms with Gasteiger partial charge in [0.25, 0.3) is 11.8 Å². The first-order valence-corrected chi connectivity index (χ1v) is 12.3. The first kappa shape index (κ1) is 24.9. The summed E-state index contributed by atoms with van der Waals surface area (Å²) in [5, 5.41) is 12.4. The van der Waals surface area contributed by atoms with Gasteiger partial charge in [-0.1, -0.05) is 54.6 Å². The number of carboxylic acids is 1. The van der Waals surface area contributed by atoms with Crippen LogP contribution in [0.1, 0.15) is 44.7 Å². The summed E-state index contributed by atoms with van der Waals surface area (Å²) < 4.78 is 0.